The summed E-state index contributed by atoms with van der Waals surface area (Å²) in [5.74, 6) is -0.887. The smallest absolute Gasteiger partial charge is 0.313 e. The number of amides is 1. The zero-order valence-corrected chi connectivity index (χ0v) is 14.5. The minimum Gasteiger partial charge on any atom is -0.489 e. The lowest BCUT2D eigenvalue weighted by Gasteiger charge is -2.16. The van der Waals surface area contributed by atoms with Gasteiger partial charge in [0.15, 0.2) is 0 Å². The van der Waals surface area contributed by atoms with E-state index >= 15 is 0 Å². The fraction of sp³-hybridized carbons (Fsp3) is 0.111. The summed E-state index contributed by atoms with van der Waals surface area (Å²) in [7, 11) is 2.48. The number of hydrogen-bond donors (Lipinski definition) is 1. The van der Waals surface area contributed by atoms with Crippen molar-refractivity contribution in [2.75, 3.05) is 14.2 Å². The van der Waals surface area contributed by atoms with Crippen LogP contribution in [0.3, 0.4) is 0 Å². The summed E-state index contributed by atoms with van der Waals surface area (Å²) in [6.07, 6.45) is 1.44. The Morgan fingerprint density at radius 3 is 2.56 bits per heavy atom. The number of hydrogen-bond acceptors (Lipinski definition) is 6. The van der Waals surface area contributed by atoms with Gasteiger partial charge in [-0.05, 0) is 23.6 Å². The van der Waals surface area contributed by atoms with E-state index in [2.05, 4.69) is 10.3 Å². The third-order valence-corrected chi connectivity index (χ3v) is 4.00. The number of carbonyl (C=O) groups excluding carboxylic acids is 1. The first kappa shape index (κ1) is 18.1. The van der Waals surface area contributed by atoms with Gasteiger partial charge in [0.1, 0.15) is 5.69 Å². The van der Waals surface area contributed by atoms with Crippen LogP contribution in [-0.2, 0) is 4.84 Å². The molecule has 0 unspecified atom stereocenters. The third kappa shape index (κ3) is 3.11. The Kier molecular flexibility index (Phi) is 4.86. The number of nitrogens with one attached hydrogen (secondary N) is 1. The molecule has 0 radical (unpaired) electrons. The lowest BCUT2D eigenvalue weighted by atomic mass is 10.1. The van der Waals surface area contributed by atoms with E-state index in [9.17, 15) is 19.7 Å². The second kappa shape index (κ2) is 7.26. The van der Waals surface area contributed by atoms with Crippen molar-refractivity contribution in [3.63, 3.8) is 0 Å². The summed E-state index contributed by atoms with van der Waals surface area (Å²) in [4.78, 5) is 40.7. The zero-order valence-electron chi connectivity index (χ0n) is 14.5. The molecule has 0 aliphatic heterocycles. The van der Waals surface area contributed by atoms with Gasteiger partial charge < -0.3 is 4.74 Å². The van der Waals surface area contributed by atoms with Crippen molar-refractivity contribution >= 4 is 22.4 Å². The molecule has 3 aromatic rings. The van der Waals surface area contributed by atoms with E-state index in [1.54, 1.807) is 30.3 Å². The summed E-state index contributed by atoms with van der Waals surface area (Å²) >= 11 is 0. The Labute approximate surface area is 152 Å². The predicted octanol–water partition coefficient (Wildman–Crippen LogP) is 2.20. The Hall–Kier alpha value is -3.72. The Bertz CT molecular complexity index is 1110. The topological polar surface area (TPSA) is 113 Å². The molecule has 9 nitrogen and oxygen atoms in total. The van der Waals surface area contributed by atoms with Crippen LogP contribution in [0.25, 0.3) is 16.5 Å². The van der Waals surface area contributed by atoms with Crippen LogP contribution in [-0.4, -0.2) is 29.6 Å². The largest absolute Gasteiger partial charge is 0.489 e. The fourth-order valence-corrected chi connectivity index (χ4v) is 2.84. The summed E-state index contributed by atoms with van der Waals surface area (Å²) in [5.41, 5.74) is 1.27. The summed E-state index contributed by atoms with van der Waals surface area (Å²) in [6, 6.07) is 10.9. The maximum atomic E-state index is 13.0. The van der Waals surface area contributed by atoms with Crippen LogP contribution in [0.15, 0.2) is 53.5 Å². The zero-order chi connectivity index (χ0) is 19.6. The van der Waals surface area contributed by atoms with E-state index in [-0.39, 0.29) is 22.7 Å². The highest BCUT2D eigenvalue weighted by Gasteiger charge is 2.27. The monoisotopic (exact) mass is 369 g/mol. The number of methoxy groups -OCH3 is 1. The number of ether oxygens (including phenoxy) is 1. The second-order valence-electron chi connectivity index (χ2n) is 5.48. The molecule has 0 saturated carbocycles. The van der Waals surface area contributed by atoms with Crippen LogP contribution >= 0.6 is 0 Å². The number of nitro benzene ring substituents is 1. The average molecular weight is 369 g/mol. The number of pyridine rings is 1. The van der Waals surface area contributed by atoms with Gasteiger partial charge in [-0.2, -0.15) is 0 Å². The van der Waals surface area contributed by atoms with Crippen LogP contribution < -0.4 is 15.8 Å². The van der Waals surface area contributed by atoms with E-state index in [0.29, 0.717) is 10.8 Å². The first-order valence-corrected chi connectivity index (χ1v) is 7.79. The molecule has 0 saturated heterocycles. The molecule has 1 N–H and O–H groups in total. The van der Waals surface area contributed by atoms with Crippen LogP contribution in [0.1, 0.15) is 10.4 Å². The average Bonchev–Trinajstić information content (AvgIpc) is 2.67. The molecule has 1 aromatic heterocycles. The number of benzene rings is 2. The van der Waals surface area contributed by atoms with Crippen molar-refractivity contribution in [1.82, 2.24) is 10.0 Å². The molecular weight excluding hydrogens is 354 g/mol. The number of hydroxylamine groups is 1. The lowest BCUT2D eigenvalue weighted by Crippen LogP contribution is -2.26. The molecule has 2 aromatic carbocycles. The lowest BCUT2D eigenvalue weighted by molar-refractivity contribution is -0.385. The fourth-order valence-electron chi connectivity index (χ4n) is 2.84. The number of aromatic nitrogens is 1. The molecule has 9 heteroatoms. The van der Waals surface area contributed by atoms with E-state index in [4.69, 9.17) is 4.74 Å². The molecule has 0 fully saturated rings. The highest BCUT2D eigenvalue weighted by Crippen LogP contribution is 2.35. The van der Waals surface area contributed by atoms with Gasteiger partial charge >= 0.3 is 5.69 Å². The summed E-state index contributed by atoms with van der Waals surface area (Å²) in [5, 5.41) is 12.5. The maximum Gasteiger partial charge on any atom is 0.313 e. The van der Waals surface area contributed by atoms with Crippen molar-refractivity contribution in [2.24, 2.45) is 0 Å². The van der Waals surface area contributed by atoms with Crippen molar-refractivity contribution in [3.05, 3.63) is 74.7 Å². The highest BCUT2D eigenvalue weighted by atomic mass is 16.6. The number of carbonyl (C=O) groups is 1. The molecule has 1 heterocycles. The molecule has 27 heavy (non-hydrogen) atoms. The molecule has 0 atom stereocenters. The van der Waals surface area contributed by atoms with Gasteiger partial charge in [-0.25, -0.2) is 5.48 Å². The van der Waals surface area contributed by atoms with E-state index in [0.717, 1.165) is 10.6 Å². The van der Waals surface area contributed by atoms with Gasteiger partial charge in [0.05, 0.1) is 24.7 Å². The van der Waals surface area contributed by atoms with Crippen molar-refractivity contribution in [2.45, 2.75) is 0 Å². The van der Waals surface area contributed by atoms with Gasteiger partial charge in [0, 0.05) is 17.6 Å². The van der Waals surface area contributed by atoms with Crippen molar-refractivity contribution in [3.8, 4) is 11.4 Å². The standard InChI is InChI=1S/C18H15N3O6/c1-26-16-14(21(24)25)8-7-13(17(22)19-27-2)15(16)20-10-9-11-5-3-4-6-12(11)18(20)23/h3-10H,1-2H3,(H,19,22). The van der Waals surface area contributed by atoms with Gasteiger partial charge in [-0.3, -0.25) is 29.1 Å². The Balaban J connectivity index is 2.41. The first-order valence-electron chi connectivity index (χ1n) is 7.79. The Morgan fingerprint density at radius 1 is 1.15 bits per heavy atom. The summed E-state index contributed by atoms with van der Waals surface area (Å²) in [6.45, 7) is 0. The van der Waals surface area contributed by atoms with Crippen LogP contribution in [0.5, 0.6) is 5.75 Å². The number of rotatable bonds is 5. The molecule has 3 rings (SSSR count). The molecule has 0 aliphatic carbocycles. The molecular formula is C18H15N3O6. The quantitative estimate of drug-likeness (QED) is 0.545. The van der Waals surface area contributed by atoms with Gasteiger partial charge in [-0.1, -0.05) is 18.2 Å². The molecule has 0 aliphatic rings. The van der Waals surface area contributed by atoms with E-state index < -0.39 is 16.4 Å². The molecule has 1 amide bonds. The predicted molar refractivity (Wildman–Crippen MR) is 97.2 cm³/mol. The normalized spacial score (nSPS) is 10.6. The molecule has 0 spiro atoms. The van der Waals surface area contributed by atoms with Crippen LogP contribution in [0, 0.1) is 10.1 Å². The van der Waals surface area contributed by atoms with E-state index in [1.807, 2.05) is 0 Å². The summed E-state index contributed by atoms with van der Waals surface area (Å²) < 4.78 is 6.36. The van der Waals surface area contributed by atoms with Crippen LogP contribution in [0.2, 0.25) is 0 Å². The van der Waals surface area contributed by atoms with Gasteiger partial charge in [-0.15, -0.1) is 0 Å². The van der Waals surface area contributed by atoms with Crippen molar-refractivity contribution in [1.29, 1.82) is 0 Å². The second-order valence-corrected chi connectivity index (χ2v) is 5.48. The minimum atomic E-state index is -0.680. The van der Waals surface area contributed by atoms with E-state index in [1.165, 1.54) is 26.5 Å². The van der Waals surface area contributed by atoms with Crippen molar-refractivity contribution < 1.29 is 19.3 Å². The SMILES string of the molecule is CONC(=O)c1ccc([N+](=O)[O-])c(OC)c1-n1ccc2ccccc2c1=O. The number of nitrogens with zero attached hydrogens (tertiary/aromatic N) is 2. The first-order chi connectivity index (χ1) is 13.0. The minimum absolute atomic E-state index is 0.0170. The molecule has 138 valence electrons. The number of fused-ring (bicyclic) bond motifs is 1. The number of nitro groups is 1. The maximum absolute atomic E-state index is 13.0. The van der Waals surface area contributed by atoms with Gasteiger partial charge in [0.2, 0.25) is 5.75 Å². The molecule has 0 bridgehead atoms. The Morgan fingerprint density at radius 2 is 1.89 bits per heavy atom. The third-order valence-electron chi connectivity index (χ3n) is 4.00. The van der Waals surface area contributed by atoms with Crippen LogP contribution in [0.4, 0.5) is 5.69 Å². The van der Waals surface area contributed by atoms with Gasteiger partial charge in [0.25, 0.3) is 11.5 Å². The highest BCUT2D eigenvalue weighted by molar-refractivity contribution is 5.99.